The maximum Gasteiger partial charge on any atom is 0.308 e. The Morgan fingerprint density at radius 3 is 2.58 bits per heavy atom. The molecule has 33 heavy (non-hydrogen) atoms. The van der Waals surface area contributed by atoms with Gasteiger partial charge in [-0.2, -0.15) is 4.98 Å². The Labute approximate surface area is 190 Å². The van der Waals surface area contributed by atoms with Crippen LogP contribution < -0.4 is 10.9 Å². The maximum atomic E-state index is 12.5. The lowest BCUT2D eigenvalue weighted by Gasteiger charge is -2.24. The zero-order valence-corrected chi connectivity index (χ0v) is 19.4. The first-order valence-electron chi connectivity index (χ1n) is 10.9. The lowest BCUT2D eigenvalue weighted by atomic mass is 10.1. The van der Waals surface area contributed by atoms with Crippen LogP contribution in [0.25, 0.3) is 11.2 Å². The molecule has 0 radical (unpaired) electrons. The highest BCUT2D eigenvalue weighted by Crippen LogP contribution is 2.43. The first kappa shape index (κ1) is 23.3. The van der Waals surface area contributed by atoms with Gasteiger partial charge in [0.05, 0.1) is 12.2 Å². The van der Waals surface area contributed by atoms with Crippen LogP contribution in [0.15, 0.2) is 11.1 Å². The number of anilines is 1. The molecule has 4 unspecified atom stereocenters. The molecule has 0 bridgehead atoms. The predicted octanol–water partition coefficient (Wildman–Crippen LogP) is 1.33. The van der Waals surface area contributed by atoms with Crippen molar-refractivity contribution in [1.29, 1.82) is 0 Å². The van der Waals surface area contributed by atoms with E-state index < -0.39 is 35.9 Å². The van der Waals surface area contributed by atoms with Crippen LogP contribution in [0, 0.1) is 11.8 Å². The summed E-state index contributed by atoms with van der Waals surface area (Å²) in [5.74, 6) is -2.08. The largest absolute Gasteiger partial charge is 0.463 e. The third-order valence-electron chi connectivity index (χ3n) is 5.46. The summed E-state index contributed by atoms with van der Waals surface area (Å²) in [7, 11) is 0. The molecule has 4 heterocycles. The van der Waals surface area contributed by atoms with Gasteiger partial charge in [-0.3, -0.25) is 29.3 Å². The second-order valence-corrected chi connectivity index (χ2v) is 9.30. The monoisotopic (exact) mass is 463 g/mol. The van der Waals surface area contributed by atoms with Crippen molar-refractivity contribution in [3.8, 4) is 0 Å². The van der Waals surface area contributed by atoms with Crippen LogP contribution in [0.2, 0.25) is 0 Å². The summed E-state index contributed by atoms with van der Waals surface area (Å²) in [5.41, 5.74) is -0.195. The van der Waals surface area contributed by atoms with Gasteiger partial charge in [-0.25, -0.2) is 4.98 Å². The van der Waals surface area contributed by atoms with Crippen LogP contribution in [0.4, 0.5) is 5.95 Å². The van der Waals surface area contributed by atoms with E-state index in [0.717, 1.165) is 0 Å². The second kappa shape index (κ2) is 8.50. The number of rotatable bonds is 6. The number of carbonyl (C=O) groups is 2. The molecule has 0 aliphatic carbocycles. The second-order valence-electron chi connectivity index (χ2n) is 9.30. The number of esters is 1. The van der Waals surface area contributed by atoms with Crippen LogP contribution in [0.1, 0.15) is 47.8 Å². The number of hydrogen-bond donors (Lipinski definition) is 2. The molecule has 12 nitrogen and oxygen atoms in total. The Morgan fingerprint density at radius 2 is 1.91 bits per heavy atom. The molecule has 0 aromatic carbocycles. The quantitative estimate of drug-likeness (QED) is 0.606. The molecule has 4 atom stereocenters. The van der Waals surface area contributed by atoms with Crippen molar-refractivity contribution >= 4 is 29.0 Å². The van der Waals surface area contributed by atoms with E-state index in [1.165, 1.54) is 6.33 Å². The summed E-state index contributed by atoms with van der Waals surface area (Å²) in [5, 5.41) is 2.59. The third-order valence-corrected chi connectivity index (χ3v) is 5.46. The smallest absolute Gasteiger partial charge is 0.308 e. The van der Waals surface area contributed by atoms with Crippen LogP contribution in [0.5, 0.6) is 0 Å². The Balaban J connectivity index is 1.66. The van der Waals surface area contributed by atoms with Crippen LogP contribution in [0.3, 0.4) is 0 Å². The number of nitrogens with one attached hydrogen (secondary N) is 2. The fourth-order valence-electron chi connectivity index (χ4n) is 3.78. The number of H-pyrrole nitrogens is 1. The highest BCUT2D eigenvalue weighted by molar-refractivity contribution is 5.91. The van der Waals surface area contributed by atoms with Gasteiger partial charge in [-0.05, 0) is 13.8 Å². The van der Waals surface area contributed by atoms with Gasteiger partial charge < -0.3 is 18.9 Å². The molecule has 2 aliphatic rings. The Kier molecular flexibility index (Phi) is 6.01. The number of carbonyl (C=O) groups excluding carboxylic acids is 2. The van der Waals surface area contributed by atoms with Gasteiger partial charge >= 0.3 is 5.97 Å². The van der Waals surface area contributed by atoms with E-state index in [1.807, 2.05) is 0 Å². The number of ether oxygens (including phenoxy) is 4. The SMILES string of the molecule is CC(C)C(=O)Nc1nc2c(ncn2C2OC(COC(=O)C(C)C)C3OC(C)(C)OC32)c(=O)[nH]1. The van der Waals surface area contributed by atoms with E-state index >= 15 is 0 Å². The van der Waals surface area contributed by atoms with Gasteiger partial charge in [0.15, 0.2) is 23.2 Å². The van der Waals surface area contributed by atoms with Gasteiger partial charge in [-0.15, -0.1) is 0 Å². The first-order valence-corrected chi connectivity index (χ1v) is 10.9. The summed E-state index contributed by atoms with van der Waals surface area (Å²) in [6.07, 6.45) is -0.976. The number of fused-ring (bicyclic) bond motifs is 2. The summed E-state index contributed by atoms with van der Waals surface area (Å²) in [6.45, 7) is 10.5. The van der Waals surface area contributed by atoms with Crippen molar-refractivity contribution in [2.45, 2.75) is 71.9 Å². The fourth-order valence-corrected chi connectivity index (χ4v) is 3.78. The Morgan fingerprint density at radius 1 is 1.21 bits per heavy atom. The molecular weight excluding hydrogens is 434 g/mol. The number of imidazole rings is 1. The lowest BCUT2D eigenvalue weighted by molar-refractivity contribution is -0.202. The molecule has 4 rings (SSSR count). The van der Waals surface area contributed by atoms with Crippen molar-refractivity contribution in [2.75, 3.05) is 11.9 Å². The molecule has 2 N–H and O–H groups in total. The van der Waals surface area contributed by atoms with Crippen molar-refractivity contribution in [2.24, 2.45) is 11.8 Å². The minimum Gasteiger partial charge on any atom is -0.463 e. The molecule has 2 fully saturated rings. The predicted molar refractivity (Wildman–Crippen MR) is 115 cm³/mol. The summed E-state index contributed by atoms with van der Waals surface area (Å²) in [6, 6.07) is 0. The average molecular weight is 463 g/mol. The molecule has 0 spiro atoms. The molecule has 2 aromatic heterocycles. The van der Waals surface area contributed by atoms with E-state index in [2.05, 4.69) is 20.3 Å². The van der Waals surface area contributed by atoms with Crippen LogP contribution >= 0.6 is 0 Å². The van der Waals surface area contributed by atoms with Crippen molar-refractivity contribution in [1.82, 2.24) is 19.5 Å². The van der Waals surface area contributed by atoms with Crippen molar-refractivity contribution in [3.63, 3.8) is 0 Å². The van der Waals surface area contributed by atoms with E-state index in [1.54, 1.807) is 46.1 Å². The van der Waals surface area contributed by atoms with Crippen molar-refractivity contribution < 1.29 is 28.5 Å². The number of amides is 1. The Bertz CT molecular complexity index is 1120. The van der Waals surface area contributed by atoms with Gasteiger partial charge in [-0.1, -0.05) is 27.7 Å². The standard InChI is InChI=1S/C21H29N5O7/c1-9(2)16(27)24-20-23-15-12(17(28)25-20)22-8-26(15)18-14-13(32-21(5,6)33-14)11(31-18)7-30-19(29)10(3)4/h8-11,13-14,18H,7H2,1-6H3,(H2,23,24,25,27,28). The van der Waals surface area contributed by atoms with Gasteiger partial charge in [0, 0.05) is 5.92 Å². The first-order chi connectivity index (χ1) is 15.5. The normalized spacial score (nSPS) is 26.2. The van der Waals surface area contributed by atoms with Crippen LogP contribution in [-0.4, -0.2) is 62.1 Å². The number of aromatic nitrogens is 4. The molecule has 1 amide bonds. The topological polar surface area (TPSA) is 147 Å². The van der Waals surface area contributed by atoms with E-state index in [0.29, 0.717) is 0 Å². The van der Waals surface area contributed by atoms with Crippen LogP contribution in [-0.2, 0) is 28.5 Å². The number of hydrogen-bond acceptors (Lipinski definition) is 9. The average Bonchev–Trinajstić information content (AvgIpc) is 3.37. The molecule has 2 aromatic rings. The molecule has 2 aliphatic heterocycles. The molecule has 12 heteroatoms. The molecule has 180 valence electrons. The molecule has 2 saturated heterocycles. The minimum absolute atomic E-state index is 0.00818. The van der Waals surface area contributed by atoms with E-state index in [-0.39, 0.29) is 47.4 Å². The molecule has 0 saturated carbocycles. The van der Waals surface area contributed by atoms with E-state index in [9.17, 15) is 14.4 Å². The third kappa shape index (κ3) is 4.50. The van der Waals surface area contributed by atoms with Crippen molar-refractivity contribution in [3.05, 3.63) is 16.7 Å². The number of aromatic amines is 1. The minimum atomic E-state index is -0.880. The number of nitrogens with zero attached hydrogens (tertiary/aromatic N) is 3. The van der Waals surface area contributed by atoms with Gasteiger partial charge in [0.25, 0.3) is 5.56 Å². The summed E-state index contributed by atoms with van der Waals surface area (Å²) < 4.78 is 25.2. The maximum absolute atomic E-state index is 12.5. The van der Waals surface area contributed by atoms with Gasteiger partial charge in [0.1, 0.15) is 24.9 Å². The highest BCUT2D eigenvalue weighted by atomic mass is 16.8. The summed E-state index contributed by atoms with van der Waals surface area (Å²) >= 11 is 0. The van der Waals surface area contributed by atoms with Gasteiger partial charge in [0.2, 0.25) is 11.9 Å². The molecular formula is C21H29N5O7. The van der Waals surface area contributed by atoms with E-state index in [4.69, 9.17) is 18.9 Å². The lowest BCUT2D eigenvalue weighted by Crippen LogP contribution is -2.34. The fraction of sp³-hybridized carbons (Fsp3) is 0.667. The highest BCUT2D eigenvalue weighted by Gasteiger charge is 2.56. The zero-order valence-electron chi connectivity index (χ0n) is 19.4. The Hall–Kier alpha value is -2.83. The zero-order chi connectivity index (χ0) is 24.1. The summed E-state index contributed by atoms with van der Waals surface area (Å²) in [4.78, 5) is 47.7.